The van der Waals surface area contributed by atoms with Crippen LogP contribution in [0.2, 0.25) is 0 Å². The highest BCUT2D eigenvalue weighted by Crippen LogP contribution is 2.40. The van der Waals surface area contributed by atoms with Crippen LogP contribution in [-0.4, -0.2) is 145 Å². The molecule has 6 unspecified atom stereocenters. The quantitative estimate of drug-likeness (QED) is 0.0162. The van der Waals surface area contributed by atoms with Gasteiger partial charge in [0.2, 0.25) is 59.6 Å². The third kappa shape index (κ3) is 29.6. The average Bonchev–Trinajstić information content (AvgIpc) is 0.876. The molecule has 3 aliphatic carbocycles. The first kappa shape index (κ1) is 101. The van der Waals surface area contributed by atoms with Gasteiger partial charge in [-0.05, 0) is 250 Å². The number of carbonyl (C=O) groups is 5. The Morgan fingerprint density at radius 1 is 0.432 bits per heavy atom. The Hall–Kier alpha value is -11.0. The van der Waals surface area contributed by atoms with Crippen LogP contribution in [0.5, 0.6) is 17.2 Å². The summed E-state index contributed by atoms with van der Waals surface area (Å²) in [5, 5.41) is 25.0. The number of amides is 5. The molecule has 9 aromatic rings. The van der Waals surface area contributed by atoms with E-state index in [0.29, 0.717) is 83.5 Å². The number of aromatic nitrogens is 3. The second kappa shape index (κ2) is 49.0. The molecule has 3 aromatic heterocycles. The fourth-order valence-corrected chi connectivity index (χ4v) is 19.3. The molecule has 3 aliphatic rings. The van der Waals surface area contributed by atoms with Gasteiger partial charge in [-0.1, -0.05) is 101 Å². The Morgan fingerprint density at radius 3 is 1.07 bits per heavy atom. The molecule has 3 heterocycles. The fourth-order valence-electron chi connectivity index (χ4n) is 15.8. The zero-order valence-corrected chi connectivity index (χ0v) is 71.1. The Labute approximate surface area is 733 Å². The van der Waals surface area contributed by atoms with Crippen LogP contribution < -0.4 is 56.0 Å². The summed E-state index contributed by atoms with van der Waals surface area (Å²) >= 11 is 0. The number of unbranched alkanes of at least 4 members (excludes halogenated alkanes) is 3. The van der Waals surface area contributed by atoms with Gasteiger partial charge in [0.05, 0.1) is 20.3 Å². The molecule has 0 saturated heterocycles. The molecule has 0 aliphatic heterocycles. The van der Waals surface area contributed by atoms with E-state index in [4.69, 9.17) is 15.2 Å². The van der Waals surface area contributed by atoms with Crippen molar-refractivity contribution in [2.75, 3.05) is 33.9 Å². The number of methoxy groups -OCH3 is 2. The highest BCUT2D eigenvalue weighted by Gasteiger charge is 2.37. The number of phenolic OH excluding ortho intramolecular Hbond substituents is 1. The Bertz CT molecular complexity index is 5370. The number of hydrogen-bond acceptors (Lipinski definition) is 18. The summed E-state index contributed by atoms with van der Waals surface area (Å²) in [7, 11) is -8.64. The summed E-state index contributed by atoms with van der Waals surface area (Å²) in [6.07, 6.45) is 20.9. The van der Waals surface area contributed by atoms with Gasteiger partial charge >= 0.3 is 0 Å². The number of rotatable bonds is 37. The van der Waals surface area contributed by atoms with Crippen molar-refractivity contribution < 1.29 is 77.0 Å². The topological polar surface area (TPSA) is 387 Å². The van der Waals surface area contributed by atoms with Gasteiger partial charge in [0, 0.05) is 107 Å². The predicted molar refractivity (Wildman–Crippen MR) is 477 cm³/mol. The first-order valence-electron chi connectivity index (χ1n) is 40.9. The van der Waals surface area contributed by atoms with Crippen molar-refractivity contribution in [3.05, 3.63) is 268 Å². The minimum absolute atomic E-state index is 0. The first-order chi connectivity index (χ1) is 58.6. The van der Waals surface area contributed by atoms with Crippen molar-refractivity contribution in [1.82, 2.24) is 55.7 Å². The average molecular weight is 1780 g/mol. The fraction of sp³-hybridized carbons (Fsp3) is 0.398. The number of aryl methyl sites for hydroxylation is 3. The summed E-state index contributed by atoms with van der Waals surface area (Å²) in [6, 6.07) is 42.0. The number of sulfonamides is 3. The molecule has 0 bridgehead atoms. The standard InChI is InChI=1S/C31H37FN4O5S.C30H35FN4O5S.C29H35FN4O4S.3CH4/c1-21(37)35-29(10-5-6-17-34-42(39,40)30-11-4-3-9-27(30)32)31(38)36-28-15-12-23-19-24(41-2)13-14-25(23)26(28)18-22-8-7-16-33-20-22;1-20(36)34-28(9-4-5-16-33-41(39,40)29-10-3-2-8-26(29)31)30(38)35-27-14-11-22-18-23(37)12-13-24(22)25(27)17-21-7-6-15-32-19-21;1-38-22-12-13-23-21(18-22)11-14-27(24(23)17-20-7-6-15-32-19-20)34-29(35)26(31)9-4-5-16-33-39(36,37)28-10-3-2-8-25(28)30;;;/h3-4,7-9,11,13-14,16,19-20,26,28-29,34H,5-6,10,12,15,17-18H2,1-2H3,(H,35,37)(H,36,38);2-3,6-8,10,12-13,15,18-19,25,27-28,33,37H,4-5,9,11,14,16-17H2,1H3,(H,34,36)(H,35,38);2-3,6-8,10,12-13,15,18-19,24,26-27,33H,4-5,9,11,14,16-17,31H2,1H3,(H,34,35);3*1H4/t26?,28?,29-;25?,27?,28-;24?,26-,27?;;;/m000.../s1. The maximum Gasteiger partial charge on any atom is 0.243 e. The highest BCUT2D eigenvalue weighted by molar-refractivity contribution is 7.90. The van der Waals surface area contributed by atoms with E-state index in [1.807, 2.05) is 73.1 Å². The van der Waals surface area contributed by atoms with E-state index >= 15 is 0 Å². The van der Waals surface area contributed by atoms with Crippen molar-refractivity contribution in [3.8, 4) is 17.2 Å². The van der Waals surface area contributed by atoms with Crippen LogP contribution in [0.3, 0.4) is 0 Å². The van der Waals surface area contributed by atoms with Crippen LogP contribution >= 0.6 is 0 Å². The Morgan fingerprint density at radius 2 is 0.752 bits per heavy atom. The lowest BCUT2D eigenvalue weighted by molar-refractivity contribution is -0.129. The molecule has 674 valence electrons. The van der Waals surface area contributed by atoms with Gasteiger partial charge in [0.25, 0.3) is 0 Å². The summed E-state index contributed by atoms with van der Waals surface area (Å²) in [4.78, 5) is 75.3. The maximum atomic E-state index is 13.9. The Balaban J connectivity index is 0.000000255. The van der Waals surface area contributed by atoms with Crippen LogP contribution in [0.1, 0.15) is 181 Å². The predicted octanol–water partition coefficient (Wildman–Crippen LogP) is 12.3. The van der Waals surface area contributed by atoms with E-state index in [1.165, 1.54) is 85.1 Å². The van der Waals surface area contributed by atoms with Crippen molar-refractivity contribution in [2.45, 2.75) is 220 Å². The minimum Gasteiger partial charge on any atom is -0.508 e. The van der Waals surface area contributed by atoms with E-state index in [1.54, 1.807) is 51.1 Å². The van der Waals surface area contributed by atoms with Crippen LogP contribution in [0.25, 0.3) is 0 Å². The number of nitrogens with zero attached hydrogens (tertiary/aromatic N) is 3. The Kier molecular flexibility index (Phi) is 39.7. The molecule has 0 saturated carbocycles. The number of nitrogens with one attached hydrogen (secondary N) is 8. The molecule has 32 heteroatoms. The van der Waals surface area contributed by atoms with E-state index in [0.717, 1.165) is 95.2 Å². The lowest BCUT2D eigenvalue weighted by atomic mass is 9.76. The molecule has 0 radical (unpaired) electrons. The second-order valence-corrected chi connectivity index (χ2v) is 35.8. The summed E-state index contributed by atoms with van der Waals surface area (Å²) in [6.45, 7) is 2.96. The monoisotopic (exact) mass is 1780 g/mol. The van der Waals surface area contributed by atoms with Crippen LogP contribution in [0, 0.1) is 17.5 Å². The zero-order valence-electron chi connectivity index (χ0n) is 68.6. The smallest absolute Gasteiger partial charge is 0.243 e. The normalized spacial score (nSPS) is 17.0. The molecule has 5 amide bonds. The third-order valence-electron chi connectivity index (χ3n) is 21.9. The van der Waals surface area contributed by atoms with Crippen molar-refractivity contribution in [3.63, 3.8) is 0 Å². The van der Waals surface area contributed by atoms with Gasteiger partial charge < -0.3 is 46.9 Å². The van der Waals surface area contributed by atoms with Crippen LogP contribution in [0.15, 0.2) is 216 Å². The van der Waals surface area contributed by atoms with Crippen LogP contribution in [-0.2, 0) is 92.6 Å². The van der Waals surface area contributed by atoms with Gasteiger partial charge in [0.15, 0.2) is 0 Å². The number of carbonyl (C=O) groups excluding carboxylic acids is 5. The summed E-state index contributed by atoms with van der Waals surface area (Å²) < 4.78 is 134. The molecule has 11 N–H and O–H groups in total. The zero-order chi connectivity index (χ0) is 87.4. The molecular weight excluding hydrogens is 1660 g/mol. The molecule has 125 heavy (non-hydrogen) atoms. The summed E-state index contributed by atoms with van der Waals surface area (Å²) in [5.41, 5.74) is 16.2. The number of ether oxygens (including phenoxy) is 2. The lowest BCUT2D eigenvalue weighted by Gasteiger charge is -2.35. The molecular formula is C93H119F3N12O14S3. The van der Waals surface area contributed by atoms with Crippen LogP contribution in [0.4, 0.5) is 13.2 Å². The maximum absolute atomic E-state index is 13.9. The number of fused-ring (bicyclic) bond motifs is 3. The highest BCUT2D eigenvalue weighted by atomic mass is 32.2. The van der Waals surface area contributed by atoms with Gasteiger partial charge in [-0.15, -0.1) is 0 Å². The number of halogens is 3. The number of benzene rings is 6. The lowest BCUT2D eigenvalue weighted by Crippen LogP contribution is -2.51. The molecule has 26 nitrogen and oxygen atoms in total. The molecule has 9 atom stereocenters. The number of phenols is 1. The van der Waals surface area contributed by atoms with E-state index in [9.17, 15) is 67.5 Å². The van der Waals surface area contributed by atoms with Gasteiger partial charge in [-0.2, -0.15) is 0 Å². The van der Waals surface area contributed by atoms with Gasteiger partial charge in [-0.3, -0.25) is 38.9 Å². The number of pyridine rings is 3. The van der Waals surface area contributed by atoms with E-state index in [2.05, 4.69) is 73.9 Å². The van der Waals surface area contributed by atoms with Gasteiger partial charge in [0.1, 0.15) is 61.5 Å². The minimum atomic E-state index is -4.00. The van der Waals surface area contributed by atoms with Crippen molar-refractivity contribution >= 4 is 59.6 Å². The summed E-state index contributed by atoms with van der Waals surface area (Å²) in [5.74, 6) is -2.12. The molecule has 0 spiro atoms. The van der Waals surface area contributed by atoms with Crippen molar-refractivity contribution in [1.29, 1.82) is 0 Å². The first-order valence-corrected chi connectivity index (χ1v) is 45.3. The van der Waals surface area contributed by atoms with E-state index in [-0.39, 0.29) is 118 Å². The number of aromatic hydroxyl groups is 1. The van der Waals surface area contributed by atoms with Crippen molar-refractivity contribution in [2.24, 2.45) is 5.73 Å². The largest absolute Gasteiger partial charge is 0.508 e. The second-order valence-electron chi connectivity index (χ2n) is 30.6. The molecule has 12 rings (SSSR count). The van der Waals surface area contributed by atoms with Gasteiger partial charge in [-0.25, -0.2) is 52.6 Å². The number of nitrogens with two attached hydrogens (primary N) is 1. The van der Waals surface area contributed by atoms with E-state index < -0.39 is 75.4 Å². The molecule has 6 aromatic carbocycles. The SMILES string of the molecule is C.C.C.CC(=O)N[C@@H](CCCCNS(=O)(=O)c1ccccc1F)C(=O)NC1CCc2cc(O)ccc2C1Cc1cccnc1.COc1ccc2c(c1)CCC(NC(=O)[C@@H](N)CCCCNS(=O)(=O)c1ccccc1F)C2Cc1cccnc1.COc1ccc2c(c1)CCC(NC(=O)[C@H](CCCCNS(=O)(=O)c1ccccc1F)NC(C)=O)C2Cc1cccnc1. The number of hydrogen-bond donors (Lipinski definition) is 10. The molecule has 0 fully saturated rings. The third-order valence-corrected chi connectivity index (χ3v) is 26.4.